The summed E-state index contributed by atoms with van der Waals surface area (Å²) in [5.41, 5.74) is 1.49. The summed E-state index contributed by atoms with van der Waals surface area (Å²) < 4.78 is 4.61. The van der Waals surface area contributed by atoms with Crippen molar-refractivity contribution >= 4 is 23.5 Å². The number of rotatable bonds is 4. The second-order valence-corrected chi connectivity index (χ2v) is 4.50. The van der Waals surface area contributed by atoms with Crippen LogP contribution in [-0.4, -0.2) is 29.2 Å². The molecule has 2 aromatic rings. The maximum Gasteiger partial charge on any atom is 0.337 e. The van der Waals surface area contributed by atoms with Crippen molar-refractivity contribution in [2.24, 2.45) is 0 Å². The van der Waals surface area contributed by atoms with E-state index in [-0.39, 0.29) is 16.8 Å². The zero-order valence-corrected chi connectivity index (χ0v) is 11.9. The molecule has 0 aliphatic heterocycles. The maximum atomic E-state index is 11.8. The number of aromatic nitrogens is 2. The zero-order chi connectivity index (χ0) is 15.2. The van der Waals surface area contributed by atoms with Gasteiger partial charge in [0.25, 0.3) is 5.91 Å². The lowest BCUT2D eigenvalue weighted by atomic mass is 10.1. The summed E-state index contributed by atoms with van der Waals surface area (Å²) in [4.78, 5) is 23.1. The first-order chi connectivity index (χ1) is 10.1. The van der Waals surface area contributed by atoms with Gasteiger partial charge in [0.05, 0.1) is 12.7 Å². The molecule has 0 bridgehead atoms. The summed E-state index contributed by atoms with van der Waals surface area (Å²) in [7, 11) is 1.32. The lowest BCUT2D eigenvalue weighted by Gasteiger charge is -2.05. The van der Waals surface area contributed by atoms with Gasteiger partial charge in [0.2, 0.25) is 0 Å². The normalized spacial score (nSPS) is 10.0. The summed E-state index contributed by atoms with van der Waals surface area (Å²) in [6, 6.07) is 9.73. The van der Waals surface area contributed by atoms with Gasteiger partial charge in [-0.1, -0.05) is 23.7 Å². The summed E-state index contributed by atoms with van der Waals surface area (Å²) >= 11 is 5.60. The monoisotopic (exact) mass is 305 g/mol. The topological polar surface area (TPSA) is 81.2 Å². The summed E-state index contributed by atoms with van der Waals surface area (Å²) in [5, 5.41) is 10.2. The Morgan fingerprint density at radius 2 is 1.86 bits per heavy atom. The van der Waals surface area contributed by atoms with Crippen LogP contribution in [0.2, 0.25) is 5.15 Å². The average Bonchev–Trinajstić information content (AvgIpc) is 2.53. The molecule has 1 amide bonds. The molecule has 0 spiro atoms. The van der Waals surface area contributed by atoms with Crippen molar-refractivity contribution in [3.8, 4) is 0 Å². The molecule has 0 atom stereocenters. The van der Waals surface area contributed by atoms with Crippen LogP contribution < -0.4 is 5.32 Å². The predicted octanol–water partition coefficient (Wildman–Crippen LogP) is 1.85. The van der Waals surface area contributed by atoms with Gasteiger partial charge in [0, 0.05) is 6.54 Å². The lowest BCUT2D eigenvalue weighted by molar-refractivity contribution is 0.0600. The van der Waals surface area contributed by atoms with Gasteiger partial charge in [0.1, 0.15) is 0 Å². The Labute approximate surface area is 126 Å². The van der Waals surface area contributed by atoms with E-state index in [1.807, 2.05) is 0 Å². The molecule has 0 saturated heterocycles. The molecule has 1 N–H and O–H groups in total. The molecule has 1 heterocycles. The maximum absolute atomic E-state index is 11.8. The number of hydrogen-bond donors (Lipinski definition) is 1. The predicted molar refractivity (Wildman–Crippen MR) is 76.0 cm³/mol. The molecule has 0 unspecified atom stereocenters. The standard InChI is InChI=1S/C14H12ClN3O3/c1-21-14(20)10-4-2-9(3-5-10)8-16-13(19)11-6-7-12(15)18-17-11/h2-7H,8H2,1H3,(H,16,19). The van der Waals surface area contributed by atoms with Crippen LogP contribution in [-0.2, 0) is 11.3 Å². The second kappa shape index (κ2) is 6.81. The van der Waals surface area contributed by atoms with Gasteiger partial charge in [-0.25, -0.2) is 4.79 Å². The van der Waals surface area contributed by atoms with Gasteiger partial charge in [0.15, 0.2) is 10.8 Å². The fourth-order valence-corrected chi connectivity index (χ4v) is 1.69. The molecule has 0 radical (unpaired) electrons. The number of ether oxygens (including phenoxy) is 1. The van der Waals surface area contributed by atoms with Crippen molar-refractivity contribution in [2.75, 3.05) is 7.11 Å². The Balaban J connectivity index is 1.95. The van der Waals surface area contributed by atoms with Crippen LogP contribution in [0, 0.1) is 0 Å². The molecule has 0 aliphatic carbocycles. The van der Waals surface area contributed by atoms with Crippen LogP contribution in [0.4, 0.5) is 0 Å². The van der Waals surface area contributed by atoms with Crippen LogP contribution in [0.25, 0.3) is 0 Å². The van der Waals surface area contributed by atoms with Gasteiger partial charge in [-0.2, -0.15) is 0 Å². The lowest BCUT2D eigenvalue weighted by Crippen LogP contribution is -2.24. The van der Waals surface area contributed by atoms with E-state index in [4.69, 9.17) is 11.6 Å². The van der Waals surface area contributed by atoms with Crippen LogP contribution in [0.15, 0.2) is 36.4 Å². The minimum atomic E-state index is -0.401. The Kier molecular flexibility index (Phi) is 4.84. The smallest absolute Gasteiger partial charge is 0.337 e. The molecule has 21 heavy (non-hydrogen) atoms. The van der Waals surface area contributed by atoms with E-state index in [0.29, 0.717) is 12.1 Å². The molecular weight excluding hydrogens is 294 g/mol. The van der Waals surface area contributed by atoms with E-state index >= 15 is 0 Å². The Hall–Kier alpha value is -2.47. The Morgan fingerprint density at radius 3 is 2.43 bits per heavy atom. The van der Waals surface area contributed by atoms with Crippen molar-refractivity contribution in [3.05, 3.63) is 58.4 Å². The van der Waals surface area contributed by atoms with Crippen molar-refractivity contribution in [1.29, 1.82) is 0 Å². The van der Waals surface area contributed by atoms with Gasteiger partial charge in [-0.3, -0.25) is 4.79 Å². The minimum absolute atomic E-state index is 0.186. The molecule has 7 heteroatoms. The van der Waals surface area contributed by atoms with E-state index in [2.05, 4.69) is 20.3 Å². The third kappa shape index (κ3) is 4.00. The third-order valence-electron chi connectivity index (χ3n) is 2.69. The fraction of sp³-hybridized carbons (Fsp3) is 0.143. The molecule has 2 rings (SSSR count). The Bertz CT molecular complexity index is 642. The molecular formula is C14H12ClN3O3. The third-order valence-corrected chi connectivity index (χ3v) is 2.89. The highest BCUT2D eigenvalue weighted by Crippen LogP contribution is 2.06. The van der Waals surface area contributed by atoms with Crippen molar-refractivity contribution < 1.29 is 14.3 Å². The van der Waals surface area contributed by atoms with Crippen LogP contribution in [0.3, 0.4) is 0 Å². The molecule has 0 saturated carbocycles. The second-order valence-electron chi connectivity index (χ2n) is 4.11. The van der Waals surface area contributed by atoms with E-state index in [1.165, 1.54) is 19.2 Å². The molecule has 0 aliphatic rings. The molecule has 1 aromatic heterocycles. The van der Waals surface area contributed by atoms with Gasteiger partial charge >= 0.3 is 5.97 Å². The fourth-order valence-electron chi connectivity index (χ4n) is 1.59. The van der Waals surface area contributed by atoms with Crippen LogP contribution >= 0.6 is 11.6 Å². The molecule has 108 valence electrons. The molecule has 0 fully saturated rings. The van der Waals surface area contributed by atoms with E-state index in [1.54, 1.807) is 24.3 Å². The summed E-state index contributed by atoms with van der Waals surface area (Å²) in [6.45, 7) is 0.310. The average molecular weight is 306 g/mol. The quantitative estimate of drug-likeness (QED) is 0.872. The number of halogens is 1. The number of nitrogens with one attached hydrogen (secondary N) is 1. The van der Waals surface area contributed by atoms with Crippen LogP contribution in [0.5, 0.6) is 0 Å². The number of carbonyl (C=O) groups is 2. The zero-order valence-electron chi connectivity index (χ0n) is 11.2. The number of nitrogens with zero attached hydrogens (tertiary/aromatic N) is 2. The largest absolute Gasteiger partial charge is 0.465 e. The highest BCUT2D eigenvalue weighted by molar-refractivity contribution is 6.29. The van der Waals surface area contributed by atoms with Crippen molar-refractivity contribution in [3.63, 3.8) is 0 Å². The Morgan fingerprint density at radius 1 is 1.14 bits per heavy atom. The van der Waals surface area contributed by atoms with E-state index < -0.39 is 5.97 Å². The SMILES string of the molecule is COC(=O)c1ccc(CNC(=O)c2ccc(Cl)nn2)cc1. The highest BCUT2D eigenvalue weighted by Gasteiger charge is 2.08. The molecule has 1 aromatic carbocycles. The number of benzene rings is 1. The summed E-state index contributed by atoms with van der Waals surface area (Å²) in [6.07, 6.45) is 0. The first kappa shape index (κ1) is 14.9. The van der Waals surface area contributed by atoms with Gasteiger partial charge in [-0.15, -0.1) is 10.2 Å². The number of carbonyl (C=O) groups excluding carboxylic acids is 2. The van der Waals surface area contributed by atoms with Crippen molar-refractivity contribution in [1.82, 2.24) is 15.5 Å². The van der Waals surface area contributed by atoms with E-state index in [0.717, 1.165) is 5.56 Å². The number of amides is 1. The number of hydrogen-bond acceptors (Lipinski definition) is 5. The first-order valence-electron chi connectivity index (χ1n) is 6.05. The van der Waals surface area contributed by atoms with Gasteiger partial charge in [-0.05, 0) is 29.8 Å². The highest BCUT2D eigenvalue weighted by atomic mass is 35.5. The minimum Gasteiger partial charge on any atom is -0.465 e. The number of esters is 1. The van der Waals surface area contributed by atoms with Crippen molar-refractivity contribution in [2.45, 2.75) is 6.54 Å². The molecule has 6 nitrogen and oxygen atoms in total. The summed E-state index contributed by atoms with van der Waals surface area (Å²) in [5.74, 6) is -0.752. The van der Waals surface area contributed by atoms with E-state index in [9.17, 15) is 9.59 Å². The first-order valence-corrected chi connectivity index (χ1v) is 6.42. The van der Waals surface area contributed by atoms with Gasteiger partial charge < -0.3 is 10.1 Å². The number of methoxy groups -OCH3 is 1. The van der Waals surface area contributed by atoms with Crippen LogP contribution in [0.1, 0.15) is 26.4 Å².